The Balaban J connectivity index is 1.75. The Kier molecular flexibility index (Phi) is 4.62. The predicted octanol–water partition coefficient (Wildman–Crippen LogP) is 0.754. The maximum Gasteiger partial charge on any atom is 0.312 e. The molecule has 3 rings (SSSR count). The van der Waals surface area contributed by atoms with Crippen LogP contribution in [0.1, 0.15) is 24.0 Å². The summed E-state index contributed by atoms with van der Waals surface area (Å²) >= 11 is 0. The number of nitrogens with one attached hydrogen (secondary N) is 1. The maximum absolute atomic E-state index is 12.1. The summed E-state index contributed by atoms with van der Waals surface area (Å²) in [5, 5.41) is 2.34. The van der Waals surface area contributed by atoms with Gasteiger partial charge in [0, 0.05) is 18.7 Å². The van der Waals surface area contributed by atoms with Gasteiger partial charge in [-0.15, -0.1) is 0 Å². The molecule has 7 nitrogen and oxygen atoms in total. The van der Waals surface area contributed by atoms with Crippen LogP contribution in [0.15, 0.2) is 18.2 Å². The van der Waals surface area contributed by atoms with Gasteiger partial charge in [0.1, 0.15) is 11.4 Å². The van der Waals surface area contributed by atoms with Gasteiger partial charge in [-0.25, -0.2) is 4.79 Å². The summed E-state index contributed by atoms with van der Waals surface area (Å²) in [5.41, 5.74) is 7.00. The van der Waals surface area contributed by atoms with Crippen molar-refractivity contribution in [2.45, 2.75) is 24.9 Å². The van der Waals surface area contributed by atoms with Crippen molar-refractivity contribution in [2.75, 3.05) is 33.4 Å². The number of fused-ring (bicyclic) bond motifs is 2. The summed E-state index contributed by atoms with van der Waals surface area (Å²) in [4.78, 5) is 24.6. The van der Waals surface area contributed by atoms with Crippen molar-refractivity contribution in [2.24, 2.45) is 5.73 Å². The van der Waals surface area contributed by atoms with Gasteiger partial charge in [0.15, 0.2) is 0 Å². The number of urea groups is 1. The van der Waals surface area contributed by atoms with Crippen LogP contribution in [0.25, 0.3) is 0 Å². The van der Waals surface area contributed by atoms with Crippen molar-refractivity contribution in [3.05, 3.63) is 29.3 Å². The molecule has 1 aromatic rings. The fraction of sp³-hybridized carbons (Fsp3) is 0.529. The lowest BCUT2D eigenvalue weighted by molar-refractivity contribution is -0.139. The normalized spacial score (nSPS) is 18.8. The summed E-state index contributed by atoms with van der Waals surface area (Å²) < 4.78 is 11.8. The Morgan fingerprint density at radius 2 is 2.12 bits per heavy atom. The van der Waals surface area contributed by atoms with Crippen LogP contribution in [0.4, 0.5) is 4.79 Å². The van der Waals surface area contributed by atoms with E-state index in [0.717, 1.165) is 17.7 Å². The van der Waals surface area contributed by atoms with Crippen molar-refractivity contribution < 1.29 is 19.1 Å². The SMILES string of the molecule is COc1cccc2c1C1(CCN(C(=O)CNC(N)=O)CC1)OCC2. The highest BCUT2D eigenvalue weighted by Gasteiger charge is 2.43. The molecule has 7 heteroatoms. The van der Waals surface area contributed by atoms with E-state index in [1.807, 2.05) is 12.1 Å². The highest BCUT2D eigenvalue weighted by molar-refractivity contribution is 5.83. The topological polar surface area (TPSA) is 93.9 Å². The molecular formula is C17H23N3O4. The number of hydrogen-bond acceptors (Lipinski definition) is 4. The lowest BCUT2D eigenvalue weighted by Gasteiger charge is -2.45. The maximum atomic E-state index is 12.1. The van der Waals surface area contributed by atoms with Gasteiger partial charge in [0.2, 0.25) is 5.91 Å². The molecule has 0 aliphatic carbocycles. The molecule has 2 aliphatic rings. The molecule has 2 aliphatic heterocycles. The molecule has 1 saturated heterocycles. The molecule has 3 N–H and O–H groups in total. The first-order chi connectivity index (χ1) is 11.6. The summed E-state index contributed by atoms with van der Waals surface area (Å²) in [6, 6.07) is 5.40. The first kappa shape index (κ1) is 16.6. The highest BCUT2D eigenvalue weighted by Crippen LogP contribution is 2.45. The molecule has 1 fully saturated rings. The zero-order valence-corrected chi connectivity index (χ0v) is 13.8. The average Bonchev–Trinajstić information content (AvgIpc) is 2.60. The number of hydrogen-bond donors (Lipinski definition) is 2. The number of nitrogens with two attached hydrogens (primary N) is 1. The molecule has 0 aromatic heterocycles. The summed E-state index contributed by atoms with van der Waals surface area (Å²) in [6.07, 6.45) is 2.30. The molecule has 130 valence electrons. The number of carbonyl (C=O) groups is 2. The fourth-order valence-corrected chi connectivity index (χ4v) is 3.69. The molecule has 0 bridgehead atoms. The number of rotatable bonds is 3. The monoisotopic (exact) mass is 333 g/mol. The van der Waals surface area contributed by atoms with E-state index < -0.39 is 11.6 Å². The van der Waals surface area contributed by atoms with Gasteiger partial charge in [-0.05, 0) is 30.9 Å². The fourth-order valence-electron chi connectivity index (χ4n) is 3.69. The Morgan fingerprint density at radius 3 is 2.79 bits per heavy atom. The van der Waals surface area contributed by atoms with E-state index in [0.29, 0.717) is 32.5 Å². The molecule has 2 heterocycles. The van der Waals surface area contributed by atoms with E-state index in [-0.39, 0.29) is 12.5 Å². The molecule has 0 radical (unpaired) electrons. The van der Waals surface area contributed by atoms with Gasteiger partial charge in [0.05, 0.1) is 20.3 Å². The van der Waals surface area contributed by atoms with E-state index in [9.17, 15) is 9.59 Å². The number of piperidine rings is 1. The van der Waals surface area contributed by atoms with E-state index in [4.69, 9.17) is 15.2 Å². The van der Waals surface area contributed by atoms with Crippen molar-refractivity contribution in [3.63, 3.8) is 0 Å². The van der Waals surface area contributed by atoms with E-state index in [2.05, 4.69) is 11.4 Å². The minimum atomic E-state index is -0.689. The second-order valence-electron chi connectivity index (χ2n) is 6.19. The van der Waals surface area contributed by atoms with Gasteiger partial charge in [0.25, 0.3) is 0 Å². The number of amides is 3. The van der Waals surface area contributed by atoms with E-state index in [1.54, 1.807) is 12.0 Å². The van der Waals surface area contributed by atoms with Crippen molar-refractivity contribution in [1.82, 2.24) is 10.2 Å². The van der Waals surface area contributed by atoms with Crippen molar-refractivity contribution in [1.29, 1.82) is 0 Å². The molecule has 0 saturated carbocycles. The standard InChI is InChI=1S/C17H23N3O4/c1-23-13-4-2-3-12-5-10-24-17(15(12)13)6-8-20(9-7-17)14(21)11-19-16(18)22/h2-4H,5-11H2,1H3,(H3,18,19,22). The second kappa shape index (κ2) is 6.68. The van der Waals surface area contributed by atoms with Gasteiger partial charge < -0.3 is 25.4 Å². The largest absolute Gasteiger partial charge is 0.496 e. The van der Waals surface area contributed by atoms with Crippen LogP contribution in [0.3, 0.4) is 0 Å². The lowest BCUT2D eigenvalue weighted by atomic mass is 9.78. The first-order valence-corrected chi connectivity index (χ1v) is 8.17. The number of likely N-dealkylation sites (tertiary alicyclic amines) is 1. The molecule has 1 spiro atoms. The molecular weight excluding hydrogens is 310 g/mol. The Hall–Kier alpha value is -2.28. The zero-order chi connectivity index (χ0) is 17.2. The molecule has 0 atom stereocenters. The van der Waals surface area contributed by atoms with Gasteiger partial charge in [-0.2, -0.15) is 0 Å². The highest BCUT2D eigenvalue weighted by atomic mass is 16.5. The number of primary amides is 1. The predicted molar refractivity (Wildman–Crippen MR) is 87.7 cm³/mol. The summed E-state index contributed by atoms with van der Waals surface area (Å²) in [7, 11) is 1.67. The number of ether oxygens (including phenoxy) is 2. The summed E-state index contributed by atoms with van der Waals surface area (Å²) in [6.45, 7) is 1.77. The van der Waals surface area contributed by atoms with Crippen molar-refractivity contribution in [3.8, 4) is 5.75 Å². The third-order valence-corrected chi connectivity index (χ3v) is 4.88. The van der Waals surface area contributed by atoms with Crippen LogP contribution >= 0.6 is 0 Å². The van der Waals surface area contributed by atoms with Crippen LogP contribution in [0, 0.1) is 0 Å². The Labute approximate surface area is 141 Å². The van der Waals surface area contributed by atoms with Crippen LogP contribution in [0.2, 0.25) is 0 Å². The average molecular weight is 333 g/mol. The van der Waals surface area contributed by atoms with Crippen LogP contribution in [-0.4, -0.2) is 50.2 Å². The van der Waals surface area contributed by atoms with Crippen LogP contribution in [0.5, 0.6) is 5.75 Å². The number of methoxy groups -OCH3 is 1. The molecule has 1 aromatic carbocycles. The molecule has 0 unspecified atom stereocenters. The Bertz CT molecular complexity index is 624. The summed E-state index contributed by atoms with van der Waals surface area (Å²) in [5.74, 6) is 0.724. The third kappa shape index (κ3) is 3.03. The smallest absolute Gasteiger partial charge is 0.312 e. The van der Waals surface area contributed by atoms with E-state index in [1.165, 1.54) is 5.56 Å². The lowest BCUT2D eigenvalue weighted by Crippen LogP contribution is -2.50. The second-order valence-corrected chi connectivity index (χ2v) is 6.19. The van der Waals surface area contributed by atoms with Crippen LogP contribution in [-0.2, 0) is 21.6 Å². The minimum absolute atomic E-state index is 0.0664. The van der Waals surface area contributed by atoms with Gasteiger partial charge >= 0.3 is 6.03 Å². The number of carbonyl (C=O) groups excluding carboxylic acids is 2. The minimum Gasteiger partial charge on any atom is -0.496 e. The van der Waals surface area contributed by atoms with Gasteiger partial charge in [-0.3, -0.25) is 4.79 Å². The van der Waals surface area contributed by atoms with Gasteiger partial charge in [-0.1, -0.05) is 12.1 Å². The molecule has 3 amide bonds. The van der Waals surface area contributed by atoms with Crippen molar-refractivity contribution >= 4 is 11.9 Å². The first-order valence-electron chi connectivity index (χ1n) is 8.17. The Morgan fingerprint density at radius 1 is 1.38 bits per heavy atom. The number of benzene rings is 1. The zero-order valence-electron chi connectivity index (χ0n) is 13.8. The third-order valence-electron chi connectivity index (χ3n) is 4.88. The van der Waals surface area contributed by atoms with E-state index >= 15 is 0 Å². The molecule has 24 heavy (non-hydrogen) atoms. The van der Waals surface area contributed by atoms with Crippen LogP contribution < -0.4 is 15.8 Å². The quantitative estimate of drug-likeness (QED) is 0.854. The number of nitrogens with zero attached hydrogens (tertiary/aromatic N) is 1.